The quantitative estimate of drug-likeness (QED) is 0.0162. The van der Waals surface area contributed by atoms with Crippen LogP contribution < -0.4 is 85.9 Å². The van der Waals surface area contributed by atoms with Crippen LogP contribution in [-0.2, 0) is 129 Å². The van der Waals surface area contributed by atoms with Gasteiger partial charge in [0.25, 0.3) is 69.2 Å². The molecule has 65 nitrogen and oxygen atoms in total. The van der Waals surface area contributed by atoms with E-state index in [0.717, 1.165) is 92.4 Å². The Kier molecular flexibility index (Phi) is 28.7. The van der Waals surface area contributed by atoms with Crippen LogP contribution in [0, 0.1) is 0 Å². The number of imidazole rings is 4. The van der Waals surface area contributed by atoms with Crippen molar-refractivity contribution in [3.05, 3.63) is 125 Å². The topological polar surface area (TPSA) is 892 Å². The zero-order valence-corrected chi connectivity index (χ0v) is 74.9. The smallest absolute Gasteiger partial charge is 0.330 e. The molecule has 0 amide bonds. The number of aromatic amines is 4. The number of ether oxygens (including phenoxy) is 11. The van der Waals surface area contributed by atoms with Gasteiger partial charge in [0.2, 0.25) is 11.9 Å². The number of nitrogens with zero attached hydrogens (tertiary/aromatic N) is 16. The van der Waals surface area contributed by atoms with E-state index in [1.54, 1.807) is 4.98 Å². The molecule has 0 saturated carbocycles. The molecule has 0 aliphatic carbocycles. The first kappa shape index (κ1) is 99.5. The maximum absolute atomic E-state index is 17.4. The minimum absolute atomic E-state index is 0.0985. The van der Waals surface area contributed by atoms with E-state index in [1.165, 1.54) is 11.7 Å². The zero-order valence-electron chi connectivity index (χ0n) is 69.6. The highest BCUT2D eigenvalue weighted by atomic mass is 31.2. The van der Waals surface area contributed by atoms with Gasteiger partial charge >= 0.3 is 11.4 Å². The van der Waals surface area contributed by atoms with Crippen molar-refractivity contribution in [3.63, 3.8) is 0 Å². The van der Waals surface area contributed by atoms with Crippen LogP contribution >= 0.6 is 46.9 Å². The van der Waals surface area contributed by atoms with E-state index in [2.05, 4.69) is 64.3 Å². The summed E-state index contributed by atoms with van der Waals surface area (Å²) >= 11 is 0. The van der Waals surface area contributed by atoms with Crippen LogP contribution in [0.3, 0.4) is 0 Å². The van der Waals surface area contributed by atoms with E-state index < -0.39 is 267 Å². The lowest BCUT2D eigenvalue weighted by atomic mass is 10.1. The van der Waals surface area contributed by atoms with Gasteiger partial charge in [0.05, 0.1) is 65.0 Å². The minimum Gasteiger partial charge on any atom is -0.756 e. The monoisotopic (exact) mass is 2050 g/mol. The fourth-order valence-electron chi connectivity index (χ4n) is 15.8. The van der Waals surface area contributed by atoms with E-state index in [9.17, 15) is 90.4 Å². The lowest BCUT2D eigenvalue weighted by Gasteiger charge is -2.34. The molecule has 0 aromatic carbocycles. The SMILES string of the molecule is COC[C@H]1O[C@@H](n2cnc3c(=O)[nH]c(N)nc32)[C@@H](OC)C1OP(=O)([O-])OC[C@H]1O[C@@H](n2cnc3c(=O)[nH]c(N)nc32)[C@@H](OC)C1OP(=O)([O-])OC[C@H]1O[C@@H](n2cnc3c(N)ncnc32)[C@@H](OC)C1OP(=O)([O-])OC[C@H]1O[C@@H](n2ccc(=O)[nH]c2=O)[C@@H](F)C1OP(=O)([O-])OC[C@H]1O[C@@H](n2ccc(=O)[nH]c2=O)[C@@H](OC)C1OP(=O)([O-])OC[C@H]1O[C@@H](n2cnc3c(N)ncnc32)[C@@H](F)C1OP(=O)([O-])O. The number of hydrogen-bond donors (Lipinski definition) is 9. The molecular weight excluding hydrogens is 1970 g/mol. The molecule has 10 aromatic rings. The van der Waals surface area contributed by atoms with Gasteiger partial charge in [0.1, 0.15) is 121 Å². The normalized spacial score (nSPS) is 31.4. The second kappa shape index (κ2) is 39.3. The van der Waals surface area contributed by atoms with Gasteiger partial charge in [0.15, 0.2) is 95.0 Å². The Morgan fingerprint density at radius 2 is 0.647 bits per heavy atom. The Morgan fingerprint density at radius 1 is 0.368 bits per heavy atom. The molecule has 16 rings (SSSR count). The van der Waals surface area contributed by atoms with Crippen molar-refractivity contribution >= 4 is 115 Å². The first-order chi connectivity index (χ1) is 64.4. The van der Waals surface area contributed by atoms with Crippen molar-refractivity contribution in [2.75, 3.05) is 98.1 Å². The molecular formula is C63H74F2N24O41P6-6. The number of phosphoric acid groups is 6. The third kappa shape index (κ3) is 20.6. The van der Waals surface area contributed by atoms with E-state index >= 15 is 8.78 Å². The van der Waals surface area contributed by atoms with E-state index in [4.69, 9.17) is 120 Å². The Morgan fingerprint density at radius 3 is 0.978 bits per heavy atom. The number of nitrogen functional groups attached to an aromatic ring is 4. The van der Waals surface area contributed by atoms with Crippen LogP contribution in [0.5, 0.6) is 0 Å². The van der Waals surface area contributed by atoms with E-state index in [1.807, 2.05) is 4.98 Å². The van der Waals surface area contributed by atoms with Crippen LogP contribution in [0.25, 0.3) is 44.7 Å². The molecule has 6 aliphatic rings. The number of methoxy groups -OCH3 is 5. The molecule has 30 atom stereocenters. The number of alkyl halides is 2. The fourth-order valence-corrected chi connectivity index (χ4v) is 21.1. The Bertz CT molecular complexity index is 6810. The van der Waals surface area contributed by atoms with Crippen molar-refractivity contribution < 1.29 is 172 Å². The highest BCUT2D eigenvalue weighted by Gasteiger charge is 2.58. The van der Waals surface area contributed by atoms with Gasteiger partial charge in [-0.1, -0.05) is 0 Å². The van der Waals surface area contributed by atoms with Gasteiger partial charge in [-0.15, -0.1) is 0 Å². The largest absolute Gasteiger partial charge is 0.756 e. The molecule has 6 aliphatic heterocycles. The number of nitrogens with two attached hydrogens (primary N) is 4. The number of aromatic nitrogens is 20. The highest BCUT2D eigenvalue weighted by molar-refractivity contribution is 7.47. The van der Waals surface area contributed by atoms with Crippen LogP contribution in [0.1, 0.15) is 37.4 Å². The summed E-state index contributed by atoms with van der Waals surface area (Å²) in [7, 11) is -31.5. The lowest BCUT2D eigenvalue weighted by molar-refractivity contribution is -0.243. The molecule has 12 unspecified atom stereocenters. The average Bonchev–Trinajstić information content (AvgIpc) is 1.60. The molecule has 16 heterocycles. The van der Waals surface area contributed by atoms with Crippen LogP contribution in [-0.4, -0.2) is 287 Å². The summed E-state index contributed by atoms with van der Waals surface area (Å²) in [6, 6.07) is 1.43. The summed E-state index contributed by atoms with van der Waals surface area (Å²) in [5.41, 5.74) is 15.7. The van der Waals surface area contributed by atoms with Gasteiger partial charge in [-0.25, -0.2) is 58.2 Å². The number of nitrogens with one attached hydrogen (secondary N) is 4. The van der Waals surface area contributed by atoms with Gasteiger partial charge < -0.3 is 159 Å². The number of halogens is 2. The number of anilines is 4. The molecule has 6 saturated heterocycles. The van der Waals surface area contributed by atoms with Crippen molar-refractivity contribution in [2.24, 2.45) is 0 Å². The molecule has 136 heavy (non-hydrogen) atoms. The molecule has 13 N–H and O–H groups in total. The summed E-state index contributed by atoms with van der Waals surface area (Å²) < 4.78 is 245. The van der Waals surface area contributed by atoms with Crippen molar-refractivity contribution in [3.8, 4) is 0 Å². The molecule has 10 aromatic heterocycles. The van der Waals surface area contributed by atoms with Crippen LogP contribution in [0.4, 0.5) is 32.3 Å². The fraction of sp³-hybridized carbons (Fsp3) is 0.556. The second-order valence-corrected chi connectivity index (χ2v) is 37.9. The molecule has 73 heteroatoms. The van der Waals surface area contributed by atoms with Crippen LogP contribution in [0.2, 0.25) is 0 Å². The lowest BCUT2D eigenvalue weighted by Crippen LogP contribution is -2.41. The van der Waals surface area contributed by atoms with Crippen molar-refractivity contribution in [1.82, 2.24) is 97.2 Å². The number of rotatable bonds is 39. The van der Waals surface area contributed by atoms with Crippen molar-refractivity contribution in [1.29, 1.82) is 0 Å². The van der Waals surface area contributed by atoms with E-state index in [-0.39, 0.29) is 68.8 Å². The van der Waals surface area contributed by atoms with Crippen molar-refractivity contribution in [2.45, 2.75) is 147 Å². The standard InChI is InChI=1S/C63H80F2N24O41P6/c1-109-10-22-38(43(111-3)58(121-22)88-20-76-34-50(88)80-60(68)82-52(34)92)127-135(105,106)117-15-27-41(45(113-5)59(124-27)89-21-77-35-51(89)81-61(69)83-53(35)93)130-136(107,108)118-14-26-40(44(112-4)57(123-26)87-19-75-33-47(67)71-17-73-49(33)87)129-134(103,104)115-12-24-37(31(65)54(119-24)84-8-6-28(90)78-62(84)94)126-132(99,100)116-13-25-39(42(110-2)56(122-25)85-9-7-29(91)79-63(85)95)128-133(101,102)114-11-23-36(125-131(96,97)98)30(64)55(120-23)86-18-74-32-46(66)70-16-72-48(32)86/h6-9,16-27,30-31,36-45,54-59H,10-15H2,1-5H3,(H,99,100)(H,101,102)(H,103,104)(H,105,106)(H,107,108)(H2,66,70,72)(H2,67,71,73)(H,78,90,94)(H,79,91,95)(H2,96,97,98)(H3,68,80,82,92)(H3,69,81,83,93)/p-6/t22-,23-,24-,25-,26-,27-,30+,31+,36?,37?,38?,39?,40?,41?,42+,43+,44+,45+,54-,55-,56-,57-,58-,59-/m1/s1. The molecule has 0 bridgehead atoms. The molecule has 0 spiro atoms. The van der Waals surface area contributed by atoms with Gasteiger partial charge in [-0.3, -0.25) is 93.9 Å². The maximum Gasteiger partial charge on any atom is 0.330 e. The summed E-state index contributed by atoms with van der Waals surface area (Å²) in [5.74, 6) is -1.23. The maximum atomic E-state index is 17.4. The molecule has 742 valence electrons. The summed E-state index contributed by atoms with van der Waals surface area (Å²) in [6.07, 6.45) is -42.3. The Labute approximate surface area is 752 Å². The Hall–Kier alpha value is -9.56. The third-order valence-corrected chi connectivity index (χ3v) is 27.0. The Balaban J connectivity index is 0.643. The first-order valence-corrected chi connectivity index (χ1v) is 47.9. The van der Waals surface area contributed by atoms with Gasteiger partial charge in [-0.2, -0.15) is 9.97 Å². The van der Waals surface area contributed by atoms with Gasteiger partial charge in [-0.05, 0) is 0 Å². The predicted molar refractivity (Wildman–Crippen MR) is 422 cm³/mol. The first-order valence-electron chi connectivity index (χ1n) is 39.1. The van der Waals surface area contributed by atoms with E-state index in [0.29, 0.717) is 21.4 Å². The molecule has 6 fully saturated rings. The number of H-pyrrole nitrogens is 4. The summed E-state index contributed by atoms with van der Waals surface area (Å²) in [4.78, 5) is 219. The number of fused-ring (bicyclic) bond motifs is 4. The summed E-state index contributed by atoms with van der Waals surface area (Å²) in [6.45, 7) is -7.70. The minimum atomic E-state index is -6.39. The summed E-state index contributed by atoms with van der Waals surface area (Å²) in [5, 5.41) is 0. The second-order valence-electron chi connectivity index (χ2n) is 29.9. The number of hydrogen-bond acceptors (Lipinski definition) is 54. The van der Waals surface area contributed by atoms with Gasteiger partial charge in [0, 0.05) is 60.1 Å². The average molecular weight is 2050 g/mol. The molecule has 0 radical (unpaired) electrons. The highest BCUT2D eigenvalue weighted by Crippen LogP contribution is 2.56. The zero-order chi connectivity index (χ0) is 97.5. The van der Waals surface area contributed by atoms with Crippen LogP contribution in [0.15, 0.2) is 91.3 Å². The number of phosphoric ester groups is 6. The predicted octanol–water partition coefficient (Wildman–Crippen LogP) is -7.67. The third-order valence-electron chi connectivity index (χ3n) is 21.6.